The van der Waals surface area contributed by atoms with Gasteiger partial charge in [-0.2, -0.15) is 0 Å². The van der Waals surface area contributed by atoms with Crippen LogP contribution in [0.5, 0.6) is 0 Å². The van der Waals surface area contributed by atoms with Gasteiger partial charge in [0.15, 0.2) is 0 Å². The minimum Gasteiger partial charge on any atom is -0.398 e. The average Bonchev–Trinajstić information content (AvgIpc) is 2.31. The first-order chi connectivity index (χ1) is 8.17. The molecule has 0 aliphatic carbocycles. The van der Waals surface area contributed by atoms with Gasteiger partial charge in [-0.15, -0.1) is 6.58 Å². The Morgan fingerprint density at radius 1 is 1.47 bits per heavy atom. The molecule has 0 heterocycles. The fraction of sp³-hybridized carbons (Fsp3) is 0.429. The second-order valence-corrected chi connectivity index (χ2v) is 4.22. The average molecular weight is 234 g/mol. The lowest BCUT2D eigenvalue weighted by molar-refractivity contribution is 0.151. The number of hydrogen-bond acceptors (Lipinski definition) is 3. The maximum absolute atomic E-state index is 5.98. The normalized spacial score (nSPS) is 10.8. The van der Waals surface area contributed by atoms with Crippen molar-refractivity contribution in [2.75, 3.05) is 32.5 Å². The summed E-state index contributed by atoms with van der Waals surface area (Å²) < 4.78 is 5.10. The van der Waals surface area contributed by atoms with Crippen molar-refractivity contribution in [2.45, 2.75) is 13.5 Å². The number of nitrogens with zero attached hydrogens (tertiary/aromatic N) is 1. The molecular formula is C14H22N2O. The SMILES string of the molecule is C=CCN(CCOC)Cc1cc(C)ccc1N. The van der Waals surface area contributed by atoms with E-state index in [0.717, 1.165) is 31.9 Å². The molecule has 0 saturated carbocycles. The van der Waals surface area contributed by atoms with Crippen LogP contribution in [0.1, 0.15) is 11.1 Å². The van der Waals surface area contributed by atoms with E-state index >= 15 is 0 Å². The molecule has 2 N–H and O–H groups in total. The van der Waals surface area contributed by atoms with Gasteiger partial charge in [-0.3, -0.25) is 4.90 Å². The zero-order valence-electron chi connectivity index (χ0n) is 10.8. The van der Waals surface area contributed by atoms with E-state index in [0.29, 0.717) is 0 Å². The van der Waals surface area contributed by atoms with Crippen molar-refractivity contribution in [3.63, 3.8) is 0 Å². The van der Waals surface area contributed by atoms with Gasteiger partial charge < -0.3 is 10.5 Å². The Hall–Kier alpha value is -1.32. The molecule has 0 atom stereocenters. The van der Waals surface area contributed by atoms with Gasteiger partial charge in [0.2, 0.25) is 0 Å². The molecule has 0 radical (unpaired) electrons. The van der Waals surface area contributed by atoms with Crippen LogP contribution in [0, 0.1) is 6.92 Å². The summed E-state index contributed by atoms with van der Waals surface area (Å²) in [5.74, 6) is 0. The van der Waals surface area contributed by atoms with Crippen LogP contribution in [0.3, 0.4) is 0 Å². The van der Waals surface area contributed by atoms with Crippen LogP contribution in [-0.2, 0) is 11.3 Å². The van der Waals surface area contributed by atoms with E-state index in [1.165, 1.54) is 11.1 Å². The number of methoxy groups -OCH3 is 1. The van der Waals surface area contributed by atoms with Gasteiger partial charge in [0.1, 0.15) is 0 Å². The van der Waals surface area contributed by atoms with Crippen molar-refractivity contribution in [3.8, 4) is 0 Å². The van der Waals surface area contributed by atoms with Gasteiger partial charge in [0, 0.05) is 32.4 Å². The molecule has 0 unspecified atom stereocenters. The second-order valence-electron chi connectivity index (χ2n) is 4.22. The van der Waals surface area contributed by atoms with Crippen molar-refractivity contribution in [2.24, 2.45) is 0 Å². The van der Waals surface area contributed by atoms with Crippen LogP contribution in [0.25, 0.3) is 0 Å². The van der Waals surface area contributed by atoms with Gasteiger partial charge in [0.25, 0.3) is 0 Å². The summed E-state index contributed by atoms with van der Waals surface area (Å²) in [5.41, 5.74) is 9.23. The molecular weight excluding hydrogens is 212 g/mol. The number of anilines is 1. The van der Waals surface area contributed by atoms with Crippen LogP contribution in [0.15, 0.2) is 30.9 Å². The first-order valence-electron chi connectivity index (χ1n) is 5.84. The predicted octanol–water partition coefficient (Wildman–Crippen LogP) is 2.21. The molecule has 3 nitrogen and oxygen atoms in total. The summed E-state index contributed by atoms with van der Waals surface area (Å²) in [7, 11) is 1.72. The monoisotopic (exact) mass is 234 g/mol. The number of hydrogen-bond donors (Lipinski definition) is 1. The Morgan fingerprint density at radius 2 is 2.24 bits per heavy atom. The zero-order chi connectivity index (χ0) is 12.7. The lowest BCUT2D eigenvalue weighted by Gasteiger charge is -2.21. The van der Waals surface area contributed by atoms with Crippen molar-refractivity contribution in [1.82, 2.24) is 4.90 Å². The van der Waals surface area contributed by atoms with Crippen molar-refractivity contribution in [3.05, 3.63) is 42.0 Å². The molecule has 94 valence electrons. The van der Waals surface area contributed by atoms with E-state index in [2.05, 4.69) is 24.5 Å². The van der Waals surface area contributed by atoms with Gasteiger partial charge >= 0.3 is 0 Å². The third-order valence-corrected chi connectivity index (χ3v) is 2.69. The maximum atomic E-state index is 5.98. The fourth-order valence-corrected chi connectivity index (χ4v) is 1.75. The summed E-state index contributed by atoms with van der Waals surface area (Å²) in [5, 5.41) is 0. The number of aryl methyl sites for hydroxylation is 1. The van der Waals surface area contributed by atoms with Crippen molar-refractivity contribution in [1.29, 1.82) is 0 Å². The summed E-state index contributed by atoms with van der Waals surface area (Å²) in [4.78, 5) is 2.27. The molecule has 0 fully saturated rings. The minimum atomic E-state index is 0.722. The number of nitrogens with two attached hydrogens (primary N) is 1. The molecule has 1 rings (SSSR count). The predicted molar refractivity (Wildman–Crippen MR) is 72.9 cm³/mol. The highest BCUT2D eigenvalue weighted by Crippen LogP contribution is 2.15. The van der Waals surface area contributed by atoms with Gasteiger partial charge in [-0.1, -0.05) is 23.8 Å². The molecule has 0 aliphatic heterocycles. The molecule has 0 aromatic heterocycles. The van der Waals surface area contributed by atoms with Crippen LogP contribution in [-0.4, -0.2) is 31.7 Å². The number of ether oxygens (including phenoxy) is 1. The Morgan fingerprint density at radius 3 is 2.88 bits per heavy atom. The second kappa shape index (κ2) is 7.09. The maximum Gasteiger partial charge on any atom is 0.0589 e. The lowest BCUT2D eigenvalue weighted by Crippen LogP contribution is -2.27. The Labute approximate surface area is 104 Å². The highest BCUT2D eigenvalue weighted by molar-refractivity contribution is 5.48. The highest BCUT2D eigenvalue weighted by atomic mass is 16.5. The summed E-state index contributed by atoms with van der Waals surface area (Å²) in [6, 6.07) is 6.14. The molecule has 0 saturated heterocycles. The first-order valence-corrected chi connectivity index (χ1v) is 5.84. The van der Waals surface area contributed by atoms with Gasteiger partial charge in [-0.25, -0.2) is 0 Å². The van der Waals surface area contributed by atoms with Crippen molar-refractivity contribution >= 4 is 5.69 Å². The molecule has 17 heavy (non-hydrogen) atoms. The number of nitrogen functional groups attached to an aromatic ring is 1. The Balaban J connectivity index is 2.70. The van der Waals surface area contributed by atoms with E-state index in [1.54, 1.807) is 7.11 Å². The van der Waals surface area contributed by atoms with Gasteiger partial charge in [0.05, 0.1) is 6.61 Å². The topological polar surface area (TPSA) is 38.5 Å². The third kappa shape index (κ3) is 4.59. The summed E-state index contributed by atoms with van der Waals surface area (Å²) >= 11 is 0. The molecule has 0 amide bonds. The van der Waals surface area contributed by atoms with E-state index in [1.807, 2.05) is 18.2 Å². The van der Waals surface area contributed by atoms with Crippen LogP contribution in [0.4, 0.5) is 5.69 Å². The molecule has 3 heteroatoms. The molecule has 1 aromatic carbocycles. The third-order valence-electron chi connectivity index (χ3n) is 2.69. The zero-order valence-corrected chi connectivity index (χ0v) is 10.8. The first kappa shape index (κ1) is 13.7. The quantitative estimate of drug-likeness (QED) is 0.580. The Bertz CT molecular complexity index is 363. The molecule has 1 aromatic rings. The minimum absolute atomic E-state index is 0.722. The fourth-order valence-electron chi connectivity index (χ4n) is 1.75. The van der Waals surface area contributed by atoms with Crippen molar-refractivity contribution < 1.29 is 4.74 Å². The molecule has 0 spiro atoms. The number of rotatable bonds is 7. The summed E-state index contributed by atoms with van der Waals surface area (Å²) in [6.45, 7) is 9.14. The van der Waals surface area contributed by atoms with E-state index in [4.69, 9.17) is 10.5 Å². The molecule has 0 bridgehead atoms. The molecule has 0 aliphatic rings. The van der Waals surface area contributed by atoms with Crippen LogP contribution >= 0.6 is 0 Å². The van der Waals surface area contributed by atoms with Gasteiger partial charge in [-0.05, 0) is 18.6 Å². The van der Waals surface area contributed by atoms with E-state index in [-0.39, 0.29) is 0 Å². The largest absolute Gasteiger partial charge is 0.398 e. The summed E-state index contributed by atoms with van der Waals surface area (Å²) in [6.07, 6.45) is 1.90. The number of benzene rings is 1. The van der Waals surface area contributed by atoms with Crippen LogP contribution in [0.2, 0.25) is 0 Å². The lowest BCUT2D eigenvalue weighted by atomic mass is 10.1. The highest BCUT2D eigenvalue weighted by Gasteiger charge is 2.06. The van der Waals surface area contributed by atoms with E-state index in [9.17, 15) is 0 Å². The van der Waals surface area contributed by atoms with E-state index < -0.39 is 0 Å². The smallest absolute Gasteiger partial charge is 0.0589 e. The Kier molecular flexibility index (Phi) is 5.73. The standard InChI is InChI=1S/C14H22N2O/c1-4-7-16(8-9-17-3)11-13-10-12(2)5-6-14(13)15/h4-6,10H,1,7-9,11,15H2,2-3H3. The van der Waals surface area contributed by atoms with Crippen LogP contribution < -0.4 is 5.73 Å².